The van der Waals surface area contributed by atoms with Gasteiger partial charge in [-0.2, -0.15) is 5.26 Å². The van der Waals surface area contributed by atoms with Gasteiger partial charge in [-0.1, -0.05) is 6.42 Å². The number of nitriles is 1. The molecule has 0 spiro atoms. The first-order valence-corrected chi connectivity index (χ1v) is 9.14. The van der Waals surface area contributed by atoms with E-state index >= 15 is 0 Å². The Morgan fingerprint density at radius 2 is 1.93 bits per heavy atom. The van der Waals surface area contributed by atoms with Crippen LogP contribution in [0.2, 0.25) is 0 Å². The Morgan fingerprint density at radius 3 is 2.56 bits per heavy atom. The van der Waals surface area contributed by atoms with Crippen molar-refractivity contribution in [1.29, 1.82) is 5.26 Å². The molecule has 7 heteroatoms. The van der Waals surface area contributed by atoms with E-state index in [2.05, 4.69) is 20.8 Å². The number of nitrogens with zero attached hydrogens (tertiary/aromatic N) is 4. The molecule has 2 heterocycles. The van der Waals surface area contributed by atoms with E-state index in [0.29, 0.717) is 35.3 Å². The van der Waals surface area contributed by atoms with E-state index in [1.165, 1.54) is 6.42 Å². The minimum atomic E-state index is 0.462. The van der Waals surface area contributed by atoms with Crippen molar-refractivity contribution < 1.29 is 14.2 Å². The Balaban J connectivity index is 2.04. The number of hydrogen-bond acceptors (Lipinski definition) is 6. The van der Waals surface area contributed by atoms with E-state index in [1.54, 1.807) is 20.3 Å². The first-order chi connectivity index (χ1) is 13.2. The zero-order chi connectivity index (χ0) is 19.2. The molecule has 1 aromatic heterocycles. The second kappa shape index (κ2) is 8.58. The van der Waals surface area contributed by atoms with Crippen LogP contribution >= 0.6 is 0 Å². The summed E-state index contributed by atoms with van der Waals surface area (Å²) in [5.74, 6) is 3.22. The molecule has 0 saturated carbocycles. The summed E-state index contributed by atoms with van der Waals surface area (Å²) in [4.78, 5) is 0. The van der Waals surface area contributed by atoms with E-state index in [9.17, 15) is 5.26 Å². The van der Waals surface area contributed by atoms with Crippen LogP contribution in [-0.2, 0) is 13.0 Å². The second-order valence-electron chi connectivity index (χ2n) is 6.26. The molecular formula is C20H24N4O3. The van der Waals surface area contributed by atoms with Crippen LogP contribution < -0.4 is 14.2 Å². The summed E-state index contributed by atoms with van der Waals surface area (Å²) in [7, 11) is 3.16. The lowest BCUT2D eigenvalue weighted by Gasteiger charge is -2.14. The quantitative estimate of drug-likeness (QED) is 0.726. The van der Waals surface area contributed by atoms with Gasteiger partial charge in [-0.05, 0) is 43.5 Å². The Bertz CT molecular complexity index is 855. The Labute approximate surface area is 159 Å². The highest BCUT2D eigenvalue weighted by molar-refractivity contribution is 5.88. The zero-order valence-corrected chi connectivity index (χ0v) is 16.0. The summed E-state index contributed by atoms with van der Waals surface area (Å²) < 4.78 is 18.6. The summed E-state index contributed by atoms with van der Waals surface area (Å²) in [6, 6.07) is 5.91. The average molecular weight is 368 g/mol. The van der Waals surface area contributed by atoms with E-state index in [4.69, 9.17) is 14.2 Å². The molecule has 1 aliphatic heterocycles. The van der Waals surface area contributed by atoms with Gasteiger partial charge in [0.25, 0.3) is 0 Å². The number of benzene rings is 1. The van der Waals surface area contributed by atoms with Gasteiger partial charge in [0, 0.05) is 13.0 Å². The average Bonchev–Trinajstić information content (AvgIpc) is 2.94. The number of ether oxygens (including phenoxy) is 3. The molecule has 0 radical (unpaired) electrons. The molecular weight excluding hydrogens is 344 g/mol. The number of rotatable bonds is 6. The number of aryl methyl sites for hydroxylation is 1. The van der Waals surface area contributed by atoms with Crippen LogP contribution in [0.15, 0.2) is 12.1 Å². The fourth-order valence-electron chi connectivity index (χ4n) is 3.27. The second-order valence-corrected chi connectivity index (χ2v) is 6.26. The van der Waals surface area contributed by atoms with Gasteiger partial charge in [-0.15, -0.1) is 10.2 Å². The molecule has 3 rings (SSSR count). The van der Waals surface area contributed by atoms with Crippen molar-refractivity contribution in [3.8, 4) is 23.3 Å². The molecule has 0 N–H and O–H groups in total. The van der Waals surface area contributed by atoms with Gasteiger partial charge in [0.05, 0.1) is 26.4 Å². The molecule has 0 fully saturated rings. The van der Waals surface area contributed by atoms with E-state index in [-0.39, 0.29) is 0 Å². The maximum atomic E-state index is 9.74. The van der Waals surface area contributed by atoms with Crippen LogP contribution in [0.5, 0.6) is 17.2 Å². The third-order valence-electron chi connectivity index (χ3n) is 4.55. The van der Waals surface area contributed by atoms with E-state index in [0.717, 1.165) is 37.2 Å². The van der Waals surface area contributed by atoms with Crippen LogP contribution in [0.1, 0.15) is 43.4 Å². The Hall–Kier alpha value is -3.01. The van der Waals surface area contributed by atoms with Gasteiger partial charge >= 0.3 is 0 Å². The molecule has 27 heavy (non-hydrogen) atoms. The van der Waals surface area contributed by atoms with Gasteiger partial charge in [-0.25, -0.2) is 0 Å². The highest BCUT2D eigenvalue weighted by Gasteiger charge is 2.19. The van der Waals surface area contributed by atoms with Crippen molar-refractivity contribution in [2.24, 2.45) is 0 Å². The molecule has 7 nitrogen and oxygen atoms in total. The van der Waals surface area contributed by atoms with Crippen molar-refractivity contribution in [1.82, 2.24) is 14.8 Å². The van der Waals surface area contributed by atoms with Gasteiger partial charge in [-0.3, -0.25) is 0 Å². The van der Waals surface area contributed by atoms with Crippen LogP contribution in [0.3, 0.4) is 0 Å². The lowest BCUT2D eigenvalue weighted by Crippen LogP contribution is -2.05. The normalized spacial score (nSPS) is 14.1. The first kappa shape index (κ1) is 18.8. The van der Waals surface area contributed by atoms with Crippen molar-refractivity contribution in [2.75, 3.05) is 20.8 Å². The summed E-state index contributed by atoms with van der Waals surface area (Å²) in [6.45, 7) is 3.24. The monoisotopic (exact) mass is 368 g/mol. The molecule has 0 aliphatic carbocycles. The molecule has 0 bridgehead atoms. The predicted molar refractivity (Wildman–Crippen MR) is 102 cm³/mol. The fourth-order valence-corrected chi connectivity index (χ4v) is 3.27. The number of methoxy groups -OCH3 is 2. The highest BCUT2D eigenvalue weighted by Crippen LogP contribution is 2.39. The lowest BCUT2D eigenvalue weighted by atomic mass is 10.1. The number of aromatic nitrogens is 3. The maximum absolute atomic E-state index is 9.74. The van der Waals surface area contributed by atoms with Crippen molar-refractivity contribution in [3.05, 3.63) is 29.3 Å². The molecule has 0 amide bonds. The summed E-state index contributed by atoms with van der Waals surface area (Å²) in [6.07, 6.45) is 6.03. The standard InChI is InChI=1S/C20H24N4O3/c1-4-27-19-16(25-2)11-14(12-17(19)26-3)10-15(13-21)20-23-22-18-8-6-5-7-9-24(18)20/h10-12H,4-9H2,1-3H3. The number of allylic oxidation sites excluding steroid dienone is 1. The minimum Gasteiger partial charge on any atom is -0.493 e. The maximum Gasteiger partial charge on any atom is 0.203 e. The van der Waals surface area contributed by atoms with Gasteiger partial charge in [0.15, 0.2) is 17.3 Å². The smallest absolute Gasteiger partial charge is 0.203 e. The third-order valence-corrected chi connectivity index (χ3v) is 4.55. The van der Waals surface area contributed by atoms with Gasteiger partial charge < -0.3 is 18.8 Å². The zero-order valence-electron chi connectivity index (χ0n) is 16.0. The van der Waals surface area contributed by atoms with Crippen LogP contribution in [0.25, 0.3) is 11.6 Å². The lowest BCUT2D eigenvalue weighted by molar-refractivity contribution is 0.288. The van der Waals surface area contributed by atoms with Crippen LogP contribution in [0.4, 0.5) is 0 Å². The molecule has 1 aliphatic rings. The van der Waals surface area contributed by atoms with E-state index in [1.807, 2.05) is 19.1 Å². The SMILES string of the molecule is CCOc1c(OC)cc(C=C(C#N)c2nnc3n2CCCCC3)cc1OC. The largest absolute Gasteiger partial charge is 0.493 e. The molecule has 2 aromatic rings. The van der Waals surface area contributed by atoms with Crippen molar-refractivity contribution in [3.63, 3.8) is 0 Å². The molecule has 0 atom stereocenters. The number of fused-ring (bicyclic) bond motifs is 1. The summed E-state index contributed by atoms with van der Waals surface area (Å²) in [5, 5.41) is 18.3. The molecule has 142 valence electrons. The Kier molecular flexibility index (Phi) is 5.97. The van der Waals surface area contributed by atoms with Gasteiger partial charge in [0.2, 0.25) is 5.75 Å². The van der Waals surface area contributed by atoms with Crippen molar-refractivity contribution >= 4 is 11.6 Å². The molecule has 1 aromatic carbocycles. The molecule has 0 saturated heterocycles. The number of hydrogen-bond donors (Lipinski definition) is 0. The molecule has 0 unspecified atom stereocenters. The minimum absolute atomic E-state index is 0.462. The summed E-state index contributed by atoms with van der Waals surface area (Å²) >= 11 is 0. The van der Waals surface area contributed by atoms with Crippen LogP contribution in [-0.4, -0.2) is 35.6 Å². The topological polar surface area (TPSA) is 82.2 Å². The fraction of sp³-hybridized carbons (Fsp3) is 0.450. The van der Waals surface area contributed by atoms with Crippen LogP contribution in [0, 0.1) is 11.3 Å². The summed E-state index contributed by atoms with van der Waals surface area (Å²) in [5.41, 5.74) is 1.23. The van der Waals surface area contributed by atoms with Gasteiger partial charge in [0.1, 0.15) is 11.9 Å². The Morgan fingerprint density at radius 1 is 1.19 bits per heavy atom. The van der Waals surface area contributed by atoms with E-state index < -0.39 is 0 Å². The third kappa shape index (κ3) is 3.90. The highest BCUT2D eigenvalue weighted by atomic mass is 16.5. The predicted octanol–water partition coefficient (Wildman–Crippen LogP) is 3.48. The first-order valence-electron chi connectivity index (χ1n) is 9.14. The van der Waals surface area contributed by atoms with Crippen molar-refractivity contribution in [2.45, 2.75) is 39.2 Å².